The van der Waals surface area contributed by atoms with Crippen LogP contribution >= 0.6 is 27.5 Å². The Bertz CT molecular complexity index is 512. The fourth-order valence-corrected chi connectivity index (χ4v) is 3.48. The molecule has 1 aromatic rings. The van der Waals surface area contributed by atoms with E-state index >= 15 is 0 Å². The minimum Gasteiger partial charge on any atom is -0.302 e. The highest BCUT2D eigenvalue weighted by atomic mass is 79.9. The molecule has 21 heavy (non-hydrogen) atoms. The summed E-state index contributed by atoms with van der Waals surface area (Å²) >= 11 is 9.54. The van der Waals surface area contributed by atoms with Crippen LogP contribution in [0, 0.1) is 11.8 Å². The van der Waals surface area contributed by atoms with Crippen LogP contribution in [0.3, 0.4) is 0 Å². The van der Waals surface area contributed by atoms with Crippen molar-refractivity contribution in [3.8, 4) is 0 Å². The first kappa shape index (κ1) is 15.5. The van der Waals surface area contributed by atoms with Gasteiger partial charge < -0.3 is 4.90 Å². The van der Waals surface area contributed by atoms with Crippen LogP contribution in [0.1, 0.15) is 42.5 Å². The minimum atomic E-state index is 0.157. The van der Waals surface area contributed by atoms with Gasteiger partial charge in [0.15, 0.2) is 5.78 Å². The van der Waals surface area contributed by atoms with E-state index < -0.39 is 0 Å². The number of benzene rings is 1. The number of halogens is 2. The Balaban J connectivity index is 1.54. The molecule has 1 aromatic carbocycles. The highest BCUT2D eigenvalue weighted by Crippen LogP contribution is 2.33. The van der Waals surface area contributed by atoms with Crippen LogP contribution in [0.2, 0.25) is 5.02 Å². The first-order valence-electron chi connectivity index (χ1n) is 7.82. The van der Waals surface area contributed by atoms with Crippen molar-refractivity contribution in [3.63, 3.8) is 0 Å². The second-order valence-electron chi connectivity index (χ2n) is 6.44. The number of Topliss-reactive ketones (excluding diaryl/α,β-unsaturated/α-hetero) is 1. The van der Waals surface area contributed by atoms with Crippen molar-refractivity contribution in [2.24, 2.45) is 11.8 Å². The van der Waals surface area contributed by atoms with Crippen molar-refractivity contribution >= 4 is 33.3 Å². The van der Waals surface area contributed by atoms with Gasteiger partial charge in [-0.1, -0.05) is 27.5 Å². The van der Waals surface area contributed by atoms with Gasteiger partial charge in [-0.15, -0.1) is 0 Å². The Hall–Kier alpha value is -0.380. The van der Waals surface area contributed by atoms with Crippen molar-refractivity contribution in [2.75, 3.05) is 19.6 Å². The molecule has 0 radical (unpaired) electrons. The molecule has 2 aliphatic carbocycles. The second kappa shape index (κ2) is 6.80. The van der Waals surface area contributed by atoms with Gasteiger partial charge in [-0.25, -0.2) is 0 Å². The number of hydrogen-bond donors (Lipinski definition) is 0. The minimum absolute atomic E-state index is 0.157. The lowest BCUT2D eigenvalue weighted by atomic mass is 10.1. The molecule has 0 amide bonds. The van der Waals surface area contributed by atoms with Gasteiger partial charge in [0.2, 0.25) is 0 Å². The molecule has 0 spiro atoms. The summed E-state index contributed by atoms with van der Waals surface area (Å²) in [6.45, 7) is 3.23. The summed E-state index contributed by atoms with van der Waals surface area (Å²) in [7, 11) is 0. The largest absolute Gasteiger partial charge is 0.302 e. The standard InChI is InChI=1S/C17H21BrClNO/c18-14-5-6-15(16(19)9-14)17(21)7-8-20(10-12-1-2-12)11-13-3-4-13/h5-6,9,12-13H,1-4,7-8,10-11H2. The number of carbonyl (C=O) groups excluding carboxylic acids is 1. The third kappa shape index (κ3) is 4.80. The molecule has 0 atom stereocenters. The summed E-state index contributed by atoms with van der Waals surface area (Å²) in [4.78, 5) is 14.9. The molecule has 2 nitrogen and oxygen atoms in total. The fraction of sp³-hybridized carbons (Fsp3) is 0.588. The summed E-state index contributed by atoms with van der Waals surface area (Å²) in [6, 6.07) is 5.49. The Morgan fingerprint density at radius 2 is 1.81 bits per heavy atom. The first-order valence-corrected chi connectivity index (χ1v) is 8.99. The van der Waals surface area contributed by atoms with Gasteiger partial charge in [-0.05, 0) is 55.7 Å². The summed E-state index contributed by atoms with van der Waals surface area (Å²) in [6.07, 6.45) is 6.05. The summed E-state index contributed by atoms with van der Waals surface area (Å²) in [5.74, 6) is 1.93. The van der Waals surface area contributed by atoms with Crippen LogP contribution in [0.15, 0.2) is 22.7 Å². The molecule has 0 saturated heterocycles. The Morgan fingerprint density at radius 3 is 2.33 bits per heavy atom. The SMILES string of the molecule is O=C(CCN(CC1CC1)CC1CC1)c1ccc(Br)cc1Cl. The lowest BCUT2D eigenvalue weighted by Crippen LogP contribution is -2.30. The topological polar surface area (TPSA) is 20.3 Å². The van der Waals surface area contributed by atoms with E-state index in [0.717, 1.165) is 22.9 Å². The van der Waals surface area contributed by atoms with Crippen molar-refractivity contribution < 1.29 is 4.79 Å². The van der Waals surface area contributed by atoms with Crippen LogP contribution in [0.25, 0.3) is 0 Å². The first-order chi connectivity index (χ1) is 10.1. The molecular formula is C17H21BrClNO. The van der Waals surface area contributed by atoms with Gasteiger partial charge in [0, 0.05) is 36.1 Å². The van der Waals surface area contributed by atoms with Crippen LogP contribution in [0.4, 0.5) is 0 Å². The summed E-state index contributed by atoms with van der Waals surface area (Å²) in [5, 5.41) is 0.547. The zero-order valence-electron chi connectivity index (χ0n) is 12.2. The molecule has 4 heteroatoms. The highest BCUT2D eigenvalue weighted by molar-refractivity contribution is 9.10. The maximum Gasteiger partial charge on any atom is 0.165 e. The Morgan fingerprint density at radius 1 is 1.19 bits per heavy atom. The molecule has 0 heterocycles. The Kier molecular flexibility index (Phi) is 5.03. The monoisotopic (exact) mass is 369 g/mol. The molecular weight excluding hydrogens is 350 g/mol. The number of carbonyl (C=O) groups is 1. The van der Waals surface area contributed by atoms with E-state index in [4.69, 9.17) is 11.6 Å². The normalized spacial score (nSPS) is 18.2. The number of hydrogen-bond acceptors (Lipinski definition) is 2. The van der Waals surface area contributed by atoms with E-state index in [0.29, 0.717) is 17.0 Å². The average molecular weight is 371 g/mol. The molecule has 0 aromatic heterocycles. The van der Waals surface area contributed by atoms with E-state index in [9.17, 15) is 4.79 Å². The lowest BCUT2D eigenvalue weighted by Gasteiger charge is -2.21. The van der Waals surface area contributed by atoms with E-state index in [1.807, 2.05) is 12.1 Å². The van der Waals surface area contributed by atoms with E-state index in [2.05, 4.69) is 20.8 Å². The highest BCUT2D eigenvalue weighted by Gasteiger charge is 2.29. The molecule has 0 N–H and O–H groups in total. The van der Waals surface area contributed by atoms with Crippen LogP contribution in [-0.2, 0) is 0 Å². The summed E-state index contributed by atoms with van der Waals surface area (Å²) < 4.78 is 0.910. The average Bonchev–Trinajstić information content (AvgIpc) is 3.31. The predicted octanol–water partition coefficient (Wildman–Crippen LogP) is 4.80. The quantitative estimate of drug-likeness (QED) is 0.613. The third-order valence-electron chi connectivity index (χ3n) is 4.31. The molecule has 3 rings (SSSR count). The predicted molar refractivity (Wildman–Crippen MR) is 90.0 cm³/mol. The smallest absolute Gasteiger partial charge is 0.165 e. The second-order valence-corrected chi connectivity index (χ2v) is 7.77. The van der Waals surface area contributed by atoms with Crippen molar-refractivity contribution in [3.05, 3.63) is 33.3 Å². The fourth-order valence-electron chi connectivity index (χ4n) is 2.70. The molecule has 0 unspecified atom stereocenters. The van der Waals surface area contributed by atoms with E-state index in [1.165, 1.54) is 38.8 Å². The van der Waals surface area contributed by atoms with Gasteiger partial charge in [0.1, 0.15) is 0 Å². The van der Waals surface area contributed by atoms with Gasteiger partial charge in [0.05, 0.1) is 5.02 Å². The van der Waals surface area contributed by atoms with Gasteiger partial charge >= 0.3 is 0 Å². The molecule has 2 fully saturated rings. The number of rotatable bonds is 8. The van der Waals surface area contributed by atoms with Crippen molar-refractivity contribution in [1.29, 1.82) is 0 Å². The molecule has 0 aliphatic heterocycles. The molecule has 114 valence electrons. The maximum absolute atomic E-state index is 12.4. The van der Waals surface area contributed by atoms with E-state index in [1.54, 1.807) is 6.07 Å². The number of nitrogens with zero attached hydrogens (tertiary/aromatic N) is 1. The molecule has 2 aliphatic rings. The van der Waals surface area contributed by atoms with Crippen molar-refractivity contribution in [2.45, 2.75) is 32.1 Å². The van der Waals surface area contributed by atoms with Crippen molar-refractivity contribution in [1.82, 2.24) is 4.90 Å². The summed E-state index contributed by atoms with van der Waals surface area (Å²) in [5.41, 5.74) is 0.651. The zero-order chi connectivity index (χ0) is 14.8. The molecule has 2 saturated carbocycles. The van der Waals surface area contributed by atoms with Crippen LogP contribution in [0.5, 0.6) is 0 Å². The maximum atomic E-state index is 12.4. The number of ketones is 1. The van der Waals surface area contributed by atoms with Crippen LogP contribution < -0.4 is 0 Å². The zero-order valence-corrected chi connectivity index (χ0v) is 14.5. The van der Waals surface area contributed by atoms with Crippen LogP contribution in [-0.4, -0.2) is 30.3 Å². The lowest BCUT2D eigenvalue weighted by molar-refractivity contribution is 0.0961. The van der Waals surface area contributed by atoms with Gasteiger partial charge in [-0.2, -0.15) is 0 Å². The Labute approximate surface area is 140 Å². The third-order valence-corrected chi connectivity index (χ3v) is 5.12. The van der Waals surface area contributed by atoms with E-state index in [-0.39, 0.29) is 5.78 Å². The van der Waals surface area contributed by atoms with Gasteiger partial charge in [-0.3, -0.25) is 4.79 Å². The van der Waals surface area contributed by atoms with Gasteiger partial charge in [0.25, 0.3) is 0 Å². The molecule has 0 bridgehead atoms.